The molecular weight excluding hydrogens is 160 g/mol. The molecule has 0 radical (unpaired) electrons. The molecule has 0 amide bonds. The summed E-state index contributed by atoms with van der Waals surface area (Å²) >= 11 is 0. The Morgan fingerprint density at radius 3 is 2.75 bits per heavy atom. The molecule has 2 unspecified atom stereocenters. The van der Waals surface area contributed by atoms with Gasteiger partial charge in [0.1, 0.15) is 6.10 Å². The van der Waals surface area contributed by atoms with Gasteiger partial charge in [0.15, 0.2) is 0 Å². The lowest BCUT2D eigenvalue weighted by atomic mass is 10.1. The smallest absolute Gasteiger partial charge is 0.331 e. The monoisotopic (exact) mass is 172 g/mol. The van der Waals surface area contributed by atoms with Gasteiger partial charge in [-0.3, -0.25) is 0 Å². The molecular formula is C8H12O4. The first-order valence-electron chi connectivity index (χ1n) is 3.82. The predicted molar refractivity (Wildman–Crippen MR) is 41.8 cm³/mol. The maximum atomic E-state index is 10.4. The van der Waals surface area contributed by atoms with Gasteiger partial charge in [0.05, 0.1) is 12.7 Å². The lowest BCUT2D eigenvalue weighted by Crippen LogP contribution is -2.19. The van der Waals surface area contributed by atoms with E-state index in [1.807, 2.05) is 0 Å². The SMILES string of the molecule is CC(=CC1OCCC1O)C(=O)O. The van der Waals surface area contributed by atoms with Gasteiger partial charge >= 0.3 is 5.97 Å². The third-order valence-electron chi connectivity index (χ3n) is 1.85. The molecule has 4 nitrogen and oxygen atoms in total. The summed E-state index contributed by atoms with van der Waals surface area (Å²) in [5.41, 5.74) is 0.209. The van der Waals surface area contributed by atoms with Crippen LogP contribution in [0, 0.1) is 0 Å². The minimum absolute atomic E-state index is 0.209. The number of aliphatic hydroxyl groups is 1. The quantitative estimate of drug-likeness (QED) is 0.582. The Bertz CT molecular complexity index is 209. The number of hydrogen-bond acceptors (Lipinski definition) is 3. The maximum absolute atomic E-state index is 10.4. The van der Waals surface area contributed by atoms with Crippen LogP contribution in [-0.4, -0.2) is 35.0 Å². The molecule has 68 valence electrons. The molecule has 1 rings (SSSR count). The molecule has 1 fully saturated rings. The number of carboxylic acid groups (broad SMARTS) is 1. The van der Waals surface area contributed by atoms with E-state index in [2.05, 4.69) is 0 Å². The molecule has 0 aromatic heterocycles. The first kappa shape index (κ1) is 9.22. The summed E-state index contributed by atoms with van der Waals surface area (Å²) in [6.07, 6.45) is 1.02. The number of carboxylic acids is 1. The molecule has 0 saturated carbocycles. The number of carbonyl (C=O) groups is 1. The molecule has 0 aromatic carbocycles. The van der Waals surface area contributed by atoms with Crippen molar-refractivity contribution in [3.05, 3.63) is 11.6 Å². The highest BCUT2D eigenvalue weighted by atomic mass is 16.5. The lowest BCUT2D eigenvalue weighted by molar-refractivity contribution is -0.132. The van der Waals surface area contributed by atoms with Crippen LogP contribution in [0.1, 0.15) is 13.3 Å². The molecule has 0 spiro atoms. The van der Waals surface area contributed by atoms with Gasteiger partial charge in [-0.1, -0.05) is 0 Å². The van der Waals surface area contributed by atoms with Crippen LogP contribution >= 0.6 is 0 Å². The van der Waals surface area contributed by atoms with E-state index in [-0.39, 0.29) is 5.57 Å². The lowest BCUT2D eigenvalue weighted by Gasteiger charge is -2.08. The van der Waals surface area contributed by atoms with Gasteiger partial charge < -0.3 is 14.9 Å². The normalized spacial score (nSPS) is 30.7. The van der Waals surface area contributed by atoms with Crippen molar-refractivity contribution in [3.8, 4) is 0 Å². The Labute approximate surface area is 70.5 Å². The number of rotatable bonds is 2. The van der Waals surface area contributed by atoms with E-state index >= 15 is 0 Å². The summed E-state index contributed by atoms with van der Waals surface area (Å²) < 4.78 is 5.10. The second kappa shape index (κ2) is 3.69. The van der Waals surface area contributed by atoms with Crippen molar-refractivity contribution in [1.29, 1.82) is 0 Å². The van der Waals surface area contributed by atoms with Gasteiger partial charge in [0, 0.05) is 5.57 Å². The Morgan fingerprint density at radius 2 is 2.33 bits per heavy atom. The summed E-state index contributed by atoms with van der Waals surface area (Å²) in [5.74, 6) is -0.974. The van der Waals surface area contributed by atoms with Gasteiger partial charge in [0.2, 0.25) is 0 Å². The van der Waals surface area contributed by atoms with Crippen molar-refractivity contribution < 1.29 is 19.7 Å². The second-order valence-electron chi connectivity index (χ2n) is 2.85. The summed E-state index contributed by atoms with van der Waals surface area (Å²) in [6.45, 7) is 1.98. The van der Waals surface area contributed by atoms with E-state index < -0.39 is 18.2 Å². The number of hydrogen-bond donors (Lipinski definition) is 2. The molecule has 1 saturated heterocycles. The molecule has 0 aliphatic carbocycles. The van der Waals surface area contributed by atoms with Crippen molar-refractivity contribution >= 4 is 5.97 Å². The Hall–Kier alpha value is -0.870. The summed E-state index contributed by atoms with van der Waals surface area (Å²) in [4.78, 5) is 10.4. The highest BCUT2D eigenvalue weighted by molar-refractivity contribution is 5.85. The third kappa shape index (κ3) is 2.06. The minimum atomic E-state index is -0.974. The topological polar surface area (TPSA) is 66.8 Å². The van der Waals surface area contributed by atoms with Crippen LogP contribution in [0.2, 0.25) is 0 Å². The molecule has 0 bridgehead atoms. The Kier molecular flexibility index (Phi) is 2.83. The van der Waals surface area contributed by atoms with Crippen LogP contribution < -0.4 is 0 Å². The third-order valence-corrected chi connectivity index (χ3v) is 1.85. The fraction of sp³-hybridized carbons (Fsp3) is 0.625. The van der Waals surface area contributed by atoms with Crippen LogP contribution in [0.4, 0.5) is 0 Å². The molecule has 12 heavy (non-hydrogen) atoms. The van der Waals surface area contributed by atoms with Crippen molar-refractivity contribution in [3.63, 3.8) is 0 Å². The number of aliphatic hydroxyl groups excluding tert-OH is 1. The van der Waals surface area contributed by atoms with E-state index in [9.17, 15) is 9.90 Å². The average molecular weight is 172 g/mol. The van der Waals surface area contributed by atoms with E-state index in [4.69, 9.17) is 9.84 Å². The fourth-order valence-corrected chi connectivity index (χ4v) is 1.08. The molecule has 1 heterocycles. The molecule has 2 atom stereocenters. The van der Waals surface area contributed by atoms with E-state index in [0.717, 1.165) is 0 Å². The fourth-order valence-electron chi connectivity index (χ4n) is 1.08. The van der Waals surface area contributed by atoms with E-state index in [1.54, 1.807) is 0 Å². The van der Waals surface area contributed by atoms with E-state index in [1.165, 1.54) is 13.0 Å². The standard InChI is InChI=1S/C8H12O4/c1-5(8(10)11)4-7-6(9)2-3-12-7/h4,6-7,9H,2-3H2,1H3,(H,10,11). The Morgan fingerprint density at radius 1 is 1.67 bits per heavy atom. The van der Waals surface area contributed by atoms with Crippen LogP contribution in [0.15, 0.2) is 11.6 Å². The minimum Gasteiger partial charge on any atom is -0.478 e. The molecule has 2 N–H and O–H groups in total. The maximum Gasteiger partial charge on any atom is 0.331 e. The van der Waals surface area contributed by atoms with E-state index in [0.29, 0.717) is 13.0 Å². The number of aliphatic carboxylic acids is 1. The van der Waals surface area contributed by atoms with Gasteiger partial charge in [0.25, 0.3) is 0 Å². The highest BCUT2D eigenvalue weighted by Crippen LogP contribution is 2.15. The second-order valence-corrected chi connectivity index (χ2v) is 2.85. The zero-order valence-corrected chi connectivity index (χ0v) is 6.86. The zero-order chi connectivity index (χ0) is 9.14. The van der Waals surface area contributed by atoms with Gasteiger partial charge in [-0.2, -0.15) is 0 Å². The van der Waals surface area contributed by atoms with Crippen molar-refractivity contribution in [1.82, 2.24) is 0 Å². The highest BCUT2D eigenvalue weighted by Gasteiger charge is 2.24. The van der Waals surface area contributed by atoms with Crippen LogP contribution in [-0.2, 0) is 9.53 Å². The summed E-state index contributed by atoms with van der Waals surface area (Å²) in [6, 6.07) is 0. The molecule has 0 aromatic rings. The van der Waals surface area contributed by atoms with Crippen molar-refractivity contribution in [2.24, 2.45) is 0 Å². The van der Waals surface area contributed by atoms with Crippen LogP contribution in [0.25, 0.3) is 0 Å². The first-order valence-corrected chi connectivity index (χ1v) is 3.82. The Balaban J connectivity index is 2.59. The van der Waals surface area contributed by atoms with Crippen LogP contribution in [0.5, 0.6) is 0 Å². The molecule has 1 aliphatic rings. The van der Waals surface area contributed by atoms with Crippen molar-refractivity contribution in [2.45, 2.75) is 25.6 Å². The largest absolute Gasteiger partial charge is 0.478 e. The predicted octanol–water partition coefficient (Wildman–Crippen LogP) is 0.167. The van der Waals surface area contributed by atoms with Gasteiger partial charge in [-0.05, 0) is 19.4 Å². The first-order chi connectivity index (χ1) is 5.61. The summed E-state index contributed by atoms with van der Waals surface area (Å²) in [5, 5.41) is 17.8. The number of ether oxygens (including phenoxy) is 1. The zero-order valence-electron chi connectivity index (χ0n) is 6.86. The van der Waals surface area contributed by atoms with Gasteiger partial charge in [-0.15, -0.1) is 0 Å². The average Bonchev–Trinajstić information content (AvgIpc) is 2.36. The molecule has 4 heteroatoms. The molecule has 1 aliphatic heterocycles. The summed E-state index contributed by atoms with van der Waals surface area (Å²) in [7, 11) is 0. The van der Waals surface area contributed by atoms with Crippen LogP contribution in [0.3, 0.4) is 0 Å². The van der Waals surface area contributed by atoms with Crippen molar-refractivity contribution in [2.75, 3.05) is 6.61 Å². The van der Waals surface area contributed by atoms with Gasteiger partial charge in [-0.25, -0.2) is 4.79 Å².